The molecule has 2 aliphatic rings. The Kier molecular flexibility index (Phi) is 8.76. The van der Waals surface area contributed by atoms with Gasteiger partial charge in [-0.3, -0.25) is 4.90 Å². The molecule has 2 fully saturated rings. The average molecular weight is 366 g/mol. The molecule has 1 heteroatoms. The molecule has 1 atom stereocenters. The summed E-state index contributed by atoms with van der Waals surface area (Å²) in [5, 5.41) is 0. The van der Waals surface area contributed by atoms with Gasteiger partial charge in [0.25, 0.3) is 0 Å². The van der Waals surface area contributed by atoms with E-state index in [2.05, 4.69) is 54.0 Å². The summed E-state index contributed by atoms with van der Waals surface area (Å²) >= 11 is 0. The minimum atomic E-state index is 0.483. The molecule has 3 rings (SSSR count). The molecule has 0 radical (unpaired) electrons. The van der Waals surface area contributed by atoms with Crippen LogP contribution >= 0.6 is 0 Å². The largest absolute Gasteiger partial charge is 0.284 e. The fourth-order valence-corrected chi connectivity index (χ4v) is 5.18. The summed E-state index contributed by atoms with van der Waals surface area (Å²) < 4.78 is 0. The van der Waals surface area contributed by atoms with Gasteiger partial charge in [0.1, 0.15) is 0 Å². The molecule has 148 valence electrons. The van der Waals surface area contributed by atoms with Gasteiger partial charge in [0, 0.05) is 18.5 Å². The van der Waals surface area contributed by atoms with Crippen LogP contribution in [0.4, 0.5) is 0 Å². The van der Waals surface area contributed by atoms with Crippen molar-refractivity contribution in [3.63, 3.8) is 0 Å². The van der Waals surface area contributed by atoms with E-state index in [9.17, 15) is 0 Å². The lowest BCUT2D eigenvalue weighted by Gasteiger charge is -2.44. The first kappa shape index (κ1) is 20.5. The van der Waals surface area contributed by atoms with Crippen molar-refractivity contribution in [3.8, 4) is 11.8 Å². The van der Waals surface area contributed by atoms with Crippen LogP contribution < -0.4 is 0 Å². The molecule has 0 amide bonds. The Balaban J connectivity index is 1.68. The third-order valence-electron chi connectivity index (χ3n) is 6.56. The molecule has 0 spiro atoms. The second-order valence-corrected chi connectivity index (χ2v) is 8.64. The third-order valence-corrected chi connectivity index (χ3v) is 6.56. The highest BCUT2D eigenvalue weighted by Crippen LogP contribution is 2.32. The number of benzene rings is 1. The molecule has 0 aliphatic heterocycles. The molecular weight excluding hydrogens is 326 g/mol. The maximum atomic E-state index is 3.76. The maximum Gasteiger partial charge on any atom is 0.0719 e. The van der Waals surface area contributed by atoms with E-state index >= 15 is 0 Å². The van der Waals surface area contributed by atoms with E-state index in [-0.39, 0.29) is 0 Å². The highest BCUT2D eigenvalue weighted by Gasteiger charge is 2.32. The zero-order chi connectivity index (χ0) is 18.7. The van der Waals surface area contributed by atoms with Gasteiger partial charge in [-0.2, -0.15) is 0 Å². The Labute approximate surface area is 167 Å². The predicted molar refractivity (Wildman–Crippen MR) is 117 cm³/mol. The van der Waals surface area contributed by atoms with Crippen LogP contribution in [0, 0.1) is 11.8 Å². The van der Waals surface area contributed by atoms with E-state index in [1.165, 1.54) is 82.6 Å². The van der Waals surface area contributed by atoms with Crippen LogP contribution in [-0.4, -0.2) is 23.0 Å². The van der Waals surface area contributed by atoms with Crippen molar-refractivity contribution in [3.05, 3.63) is 35.9 Å². The molecule has 1 aromatic rings. The van der Waals surface area contributed by atoms with Crippen molar-refractivity contribution in [2.75, 3.05) is 0 Å². The maximum absolute atomic E-state index is 3.76. The smallest absolute Gasteiger partial charge is 0.0719 e. The first-order chi connectivity index (χ1) is 13.4. The first-order valence-electron chi connectivity index (χ1n) is 11.7. The topological polar surface area (TPSA) is 3.24 Å². The monoisotopic (exact) mass is 365 g/mol. The highest BCUT2D eigenvalue weighted by molar-refractivity contribution is 5.17. The lowest BCUT2D eigenvalue weighted by atomic mass is 9.86. The van der Waals surface area contributed by atoms with Crippen LogP contribution in [-0.2, 0) is 6.42 Å². The summed E-state index contributed by atoms with van der Waals surface area (Å²) in [4.78, 5) is 2.93. The standard InChI is InChI=1S/C26H39N/c1-2-14-24(22-13-12-17-23-15-6-3-7-16-23)27(25-18-8-4-9-19-25)26-20-10-5-11-21-26/h3,6-7,15-16,24-26H,2,4-5,8-12,14,17-21H2,1H3. The van der Waals surface area contributed by atoms with Gasteiger partial charge in [0.2, 0.25) is 0 Å². The molecule has 2 saturated carbocycles. The summed E-state index contributed by atoms with van der Waals surface area (Å²) in [6, 6.07) is 12.9. The lowest BCUT2D eigenvalue weighted by Crippen LogP contribution is -2.50. The minimum absolute atomic E-state index is 0.483. The number of hydrogen-bond acceptors (Lipinski definition) is 1. The minimum Gasteiger partial charge on any atom is -0.284 e. The number of aryl methyl sites for hydroxylation is 1. The molecule has 27 heavy (non-hydrogen) atoms. The molecule has 1 nitrogen and oxygen atoms in total. The van der Waals surface area contributed by atoms with Gasteiger partial charge in [-0.05, 0) is 44.1 Å². The van der Waals surface area contributed by atoms with Crippen LogP contribution in [0.2, 0.25) is 0 Å². The summed E-state index contributed by atoms with van der Waals surface area (Å²) in [5.41, 5.74) is 1.41. The second kappa shape index (κ2) is 11.6. The van der Waals surface area contributed by atoms with E-state index in [0.29, 0.717) is 6.04 Å². The van der Waals surface area contributed by atoms with Crippen LogP contribution in [0.3, 0.4) is 0 Å². The normalized spacial score (nSPS) is 20.2. The predicted octanol–water partition coefficient (Wildman–Crippen LogP) is 6.76. The molecule has 1 unspecified atom stereocenters. The molecular formula is C26H39N. The summed E-state index contributed by atoms with van der Waals surface area (Å²) in [6.45, 7) is 2.33. The van der Waals surface area contributed by atoms with Crippen LogP contribution in [0.5, 0.6) is 0 Å². The molecule has 0 aromatic heterocycles. The van der Waals surface area contributed by atoms with Gasteiger partial charge >= 0.3 is 0 Å². The molecule has 0 N–H and O–H groups in total. The number of rotatable bonds is 7. The molecule has 0 saturated heterocycles. The van der Waals surface area contributed by atoms with Gasteiger partial charge < -0.3 is 0 Å². The quantitative estimate of drug-likeness (QED) is 0.483. The van der Waals surface area contributed by atoms with E-state index < -0.39 is 0 Å². The second-order valence-electron chi connectivity index (χ2n) is 8.64. The number of hydrogen-bond donors (Lipinski definition) is 0. The fraction of sp³-hybridized carbons (Fsp3) is 0.692. The van der Waals surface area contributed by atoms with Crippen molar-refractivity contribution in [1.82, 2.24) is 4.90 Å². The van der Waals surface area contributed by atoms with Crippen LogP contribution in [0.15, 0.2) is 30.3 Å². The van der Waals surface area contributed by atoms with Gasteiger partial charge in [0.05, 0.1) is 6.04 Å². The highest BCUT2D eigenvalue weighted by atomic mass is 15.2. The Hall–Kier alpha value is -1.26. The van der Waals surface area contributed by atoms with Gasteiger partial charge in [-0.25, -0.2) is 0 Å². The van der Waals surface area contributed by atoms with Gasteiger partial charge in [-0.1, -0.05) is 88.1 Å². The first-order valence-corrected chi connectivity index (χ1v) is 11.7. The number of nitrogens with zero attached hydrogens (tertiary/aromatic N) is 1. The zero-order valence-corrected chi connectivity index (χ0v) is 17.5. The van der Waals surface area contributed by atoms with E-state index in [1.54, 1.807) is 0 Å². The van der Waals surface area contributed by atoms with E-state index in [4.69, 9.17) is 0 Å². The molecule has 0 bridgehead atoms. The lowest BCUT2D eigenvalue weighted by molar-refractivity contribution is 0.0550. The van der Waals surface area contributed by atoms with Crippen molar-refractivity contribution in [1.29, 1.82) is 0 Å². The molecule has 1 aromatic carbocycles. The molecule has 0 heterocycles. The summed E-state index contributed by atoms with van der Waals surface area (Å²) in [5.74, 6) is 7.35. The SMILES string of the molecule is CCCC(C#CCCc1ccccc1)N(C1CCCCC1)C1CCCCC1. The zero-order valence-electron chi connectivity index (χ0n) is 17.5. The van der Waals surface area contributed by atoms with Crippen molar-refractivity contribution >= 4 is 0 Å². The van der Waals surface area contributed by atoms with Gasteiger partial charge in [-0.15, -0.1) is 5.92 Å². The third kappa shape index (κ3) is 6.39. The Bertz CT molecular complexity index is 551. The molecule has 2 aliphatic carbocycles. The van der Waals surface area contributed by atoms with Crippen molar-refractivity contribution in [2.24, 2.45) is 0 Å². The van der Waals surface area contributed by atoms with Crippen molar-refractivity contribution < 1.29 is 0 Å². The summed E-state index contributed by atoms with van der Waals surface area (Å²) in [7, 11) is 0. The Morgan fingerprint density at radius 2 is 1.48 bits per heavy atom. The van der Waals surface area contributed by atoms with E-state index in [1.807, 2.05) is 0 Å². The average Bonchev–Trinajstić information content (AvgIpc) is 2.74. The van der Waals surface area contributed by atoms with Crippen LogP contribution in [0.25, 0.3) is 0 Å². The van der Waals surface area contributed by atoms with Crippen molar-refractivity contribution in [2.45, 2.75) is 115 Å². The van der Waals surface area contributed by atoms with Crippen LogP contribution in [0.1, 0.15) is 96.0 Å². The van der Waals surface area contributed by atoms with E-state index in [0.717, 1.165) is 24.9 Å². The van der Waals surface area contributed by atoms with Gasteiger partial charge in [0.15, 0.2) is 0 Å². The summed E-state index contributed by atoms with van der Waals surface area (Å²) in [6.07, 6.45) is 18.8. The Morgan fingerprint density at radius 1 is 0.889 bits per heavy atom. The Morgan fingerprint density at radius 3 is 2.04 bits per heavy atom. The fourth-order valence-electron chi connectivity index (χ4n) is 5.18.